The first-order valence-corrected chi connectivity index (χ1v) is 6.31. The molecule has 1 amide bonds. The van der Waals surface area contributed by atoms with Gasteiger partial charge in [0, 0.05) is 17.6 Å². The molecule has 3 nitrogen and oxygen atoms in total. The highest BCUT2D eigenvalue weighted by Gasteiger charge is 2.31. The van der Waals surface area contributed by atoms with Crippen LogP contribution in [0.25, 0.3) is 0 Å². The minimum atomic E-state index is -4.41. The third-order valence-corrected chi connectivity index (χ3v) is 3.04. The number of alkyl halides is 3. The van der Waals surface area contributed by atoms with Crippen molar-refractivity contribution in [1.29, 1.82) is 0 Å². The van der Waals surface area contributed by atoms with Crippen LogP contribution < -0.4 is 5.32 Å². The van der Waals surface area contributed by atoms with Crippen molar-refractivity contribution < 1.29 is 18.0 Å². The Labute approximate surface area is 117 Å². The van der Waals surface area contributed by atoms with E-state index in [0.717, 1.165) is 18.2 Å². The molecule has 0 aromatic heterocycles. The number of hydrogen-bond donors (Lipinski definition) is 1. The summed E-state index contributed by atoms with van der Waals surface area (Å²) in [6.45, 7) is 1.09. The number of amides is 1. The van der Waals surface area contributed by atoms with Crippen LogP contribution in [0.15, 0.2) is 22.7 Å². The maximum absolute atomic E-state index is 12.5. The Kier molecular flexibility index (Phi) is 5.37. The fraction of sp³-hybridized carbons (Fsp3) is 0.417. The number of rotatable bonds is 4. The van der Waals surface area contributed by atoms with E-state index in [1.54, 1.807) is 0 Å². The van der Waals surface area contributed by atoms with Crippen molar-refractivity contribution in [2.24, 2.45) is 0 Å². The topological polar surface area (TPSA) is 32.3 Å². The van der Waals surface area contributed by atoms with E-state index in [1.807, 2.05) is 19.0 Å². The standard InChI is InChI=1S/C12H14BrF3N2O/c1-18(2)6-5-17-11(19)9-4-3-8(7-10(9)13)12(14,15)16/h3-4,7H,5-6H2,1-2H3,(H,17,19). The molecule has 0 fully saturated rings. The fourth-order valence-corrected chi connectivity index (χ4v) is 1.92. The molecular weight excluding hydrogens is 325 g/mol. The number of benzene rings is 1. The Balaban J connectivity index is 2.77. The van der Waals surface area contributed by atoms with Gasteiger partial charge in [-0.2, -0.15) is 13.2 Å². The lowest BCUT2D eigenvalue weighted by Crippen LogP contribution is -2.31. The van der Waals surface area contributed by atoms with E-state index in [0.29, 0.717) is 13.1 Å². The maximum Gasteiger partial charge on any atom is 0.416 e. The van der Waals surface area contributed by atoms with Crippen molar-refractivity contribution >= 4 is 21.8 Å². The predicted molar refractivity (Wildman–Crippen MR) is 70.0 cm³/mol. The second kappa shape index (κ2) is 6.38. The Bertz CT molecular complexity index is 461. The summed E-state index contributed by atoms with van der Waals surface area (Å²) >= 11 is 2.99. The van der Waals surface area contributed by atoms with Crippen LogP contribution in [-0.2, 0) is 6.18 Å². The summed E-state index contributed by atoms with van der Waals surface area (Å²) in [7, 11) is 3.72. The molecule has 1 N–H and O–H groups in total. The molecular formula is C12H14BrF3N2O. The summed E-state index contributed by atoms with van der Waals surface area (Å²) in [5.41, 5.74) is -0.601. The van der Waals surface area contributed by atoms with E-state index in [1.165, 1.54) is 0 Å². The Morgan fingerprint density at radius 2 is 2.00 bits per heavy atom. The second-order valence-electron chi connectivity index (χ2n) is 4.25. The zero-order valence-electron chi connectivity index (χ0n) is 10.5. The van der Waals surface area contributed by atoms with Crippen LogP contribution in [0.4, 0.5) is 13.2 Å². The van der Waals surface area contributed by atoms with E-state index < -0.39 is 17.6 Å². The van der Waals surface area contributed by atoms with E-state index in [-0.39, 0.29) is 10.0 Å². The Hall–Kier alpha value is -1.08. The van der Waals surface area contributed by atoms with Crippen LogP contribution in [0, 0.1) is 0 Å². The van der Waals surface area contributed by atoms with Gasteiger partial charge in [-0.25, -0.2) is 0 Å². The lowest BCUT2D eigenvalue weighted by Gasteiger charge is -2.12. The van der Waals surface area contributed by atoms with Crippen LogP contribution in [-0.4, -0.2) is 38.0 Å². The summed E-state index contributed by atoms with van der Waals surface area (Å²) in [4.78, 5) is 13.7. The molecule has 1 aromatic carbocycles. The number of carbonyl (C=O) groups excluding carboxylic acids is 1. The first-order valence-electron chi connectivity index (χ1n) is 5.51. The molecule has 0 unspecified atom stereocenters. The molecule has 0 aliphatic rings. The highest BCUT2D eigenvalue weighted by molar-refractivity contribution is 9.10. The van der Waals surface area contributed by atoms with Crippen molar-refractivity contribution in [1.82, 2.24) is 10.2 Å². The molecule has 0 atom stereocenters. The quantitative estimate of drug-likeness (QED) is 0.915. The highest BCUT2D eigenvalue weighted by Crippen LogP contribution is 2.32. The summed E-state index contributed by atoms with van der Waals surface area (Å²) in [5, 5.41) is 2.64. The molecule has 19 heavy (non-hydrogen) atoms. The minimum Gasteiger partial charge on any atom is -0.351 e. The zero-order chi connectivity index (χ0) is 14.6. The van der Waals surface area contributed by atoms with E-state index >= 15 is 0 Å². The van der Waals surface area contributed by atoms with E-state index in [2.05, 4.69) is 21.2 Å². The second-order valence-corrected chi connectivity index (χ2v) is 5.11. The van der Waals surface area contributed by atoms with E-state index in [9.17, 15) is 18.0 Å². The van der Waals surface area contributed by atoms with Crippen LogP contribution in [0.5, 0.6) is 0 Å². The van der Waals surface area contributed by atoms with Crippen LogP contribution in [0.1, 0.15) is 15.9 Å². The summed E-state index contributed by atoms with van der Waals surface area (Å²) in [6.07, 6.45) is -4.41. The van der Waals surface area contributed by atoms with Gasteiger partial charge in [0.15, 0.2) is 0 Å². The third-order valence-electron chi connectivity index (χ3n) is 2.39. The SMILES string of the molecule is CN(C)CCNC(=O)c1ccc(C(F)(F)F)cc1Br. The minimum absolute atomic E-state index is 0.129. The van der Waals surface area contributed by atoms with Gasteiger partial charge in [0.25, 0.3) is 5.91 Å². The number of nitrogens with zero attached hydrogens (tertiary/aromatic N) is 1. The average molecular weight is 339 g/mol. The number of halogens is 4. The van der Waals surface area contributed by atoms with Gasteiger partial charge in [-0.1, -0.05) is 0 Å². The first kappa shape index (κ1) is 16.0. The molecule has 1 aromatic rings. The van der Waals surface area contributed by atoms with Crippen molar-refractivity contribution in [3.05, 3.63) is 33.8 Å². The molecule has 0 heterocycles. The monoisotopic (exact) mass is 338 g/mol. The molecule has 1 rings (SSSR count). The van der Waals surface area contributed by atoms with Gasteiger partial charge in [0.05, 0.1) is 11.1 Å². The molecule has 7 heteroatoms. The van der Waals surface area contributed by atoms with Crippen LogP contribution >= 0.6 is 15.9 Å². The lowest BCUT2D eigenvalue weighted by atomic mass is 10.1. The van der Waals surface area contributed by atoms with Crippen molar-refractivity contribution in [3.8, 4) is 0 Å². The largest absolute Gasteiger partial charge is 0.416 e. The lowest BCUT2D eigenvalue weighted by molar-refractivity contribution is -0.137. The summed E-state index contributed by atoms with van der Waals surface area (Å²) in [6, 6.07) is 2.96. The zero-order valence-corrected chi connectivity index (χ0v) is 12.1. The molecule has 0 spiro atoms. The van der Waals surface area contributed by atoms with Crippen LogP contribution in [0.3, 0.4) is 0 Å². The summed E-state index contributed by atoms with van der Waals surface area (Å²) < 4.78 is 37.5. The first-order chi connectivity index (χ1) is 8.71. The Morgan fingerprint density at radius 1 is 1.37 bits per heavy atom. The van der Waals surface area contributed by atoms with Crippen molar-refractivity contribution in [2.45, 2.75) is 6.18 Å². The van der Waals surface area contributed by atoms with Crippen molar-refractivity contribution in [2.75, 3.05) is 27.2 Å². The predicted octanol–water partition coefficient (Wildman–Crippen LogP) is 2.76. The number of likely N-dealkylation sites (N-methyl/N-ethyl adjacent to an activating group) is 1. The van der Waals surface area contributed by atoms with Gasteiger partial charge in [-0.05, 0) is 48.2 Å². The van der Waals surface area contributed by atoms with Gasteiger partial charge in [0.2, 0.25) is 0 Å². The summed E-state index contributed by atoms with van der Waals surface area (Å²) in [5.74, 6) is -0.401. The van der Waals surface area contributed by atoms with Crippen molar-refractivity contribution in [3.63, 3.8) is 0 Å². The van der Waals surface area contributed by atoms with Gasteiger partial charge in [-0.15, -0.1) is 0 Å². The molecule has 0 aliphatic heterocycles. The molecule has 0 aliphatic carbocycles. The number of nitrogens with one attached hydrogen (secondary N) is 1. The van der Waals surface area contributed by atoms with Gasteiger partial charge in [0.1, 0.15) is 0 Å². The maximum atomic E-state index is 12.5. The molecule has 0 saturated carbocycles. The Morgan fingerprint density at radius 3 is 2.47 bits per heavy atom. The average Bonchev–Trinajstić information content (AvgIpc) is 2.26. The molecule has 0 bridgehead atoms. The molecule has 106 valence electrons. The number of carbonyl (C=O) groups is 1. The van der Waals surface area contributed by atoms with Gasteiger partial charge in [-0.3, -0.25) is 4.79 Å². The molecule has 0 radical (unpaired) electrons. The highest BCUT2D eigenvalue weighted by atomic mass is 79.9. The smallest absolute Gasteiger partial charge is 0.351 e. The van der Waals surface area contributed by atoms with E-state index in [4.69, 9.17) is 0 Å². The normalized spacial score (nSPS) is 11.7. The number of hydrogen-bond acceptors (Lipinski definition) is 2. The fourth-order valence-electron chi connectivity index (χ4n) is 1.36. The third kappa shape index (κ3) is 4.83. The molecule has 0 saturated heterocycles. The van der Waals surface area contributed by atoms with Gasteiger partial charge < -0.3 is 10.2 Å². The van der Waals surface area contributed by atoms with Gasteiger partial charge >= 0.3 is 6.18 Å². The van der Waals surface area contributed by atoms with Crippen LogP contribution in [0.2, 0.25) is 0 Å².